The summed E-state index contributed by atoms with van der Waals surface area (Å²) in [5.74, 6) is -0.420. The topological polar surface area (TPSA) is 64.0 Å². The highest BCUT2D eigenvalue weighted by molar-refractivity contribution is 6.31. The fourth-order valence-electron chi connectivity index (χ4n) is 2.41. The van der Waals surface area contributed by atoms with E-state index in [0.29, 0.717) is 17.0 Å². The Balaban J connectivity index is 1.94. The van der Waals surface area contributed by atoms with Gasteiger partial charge >= 0.3 is 0 Å². The number of carbonyl (C=O) groups is 1. The number of nitrogens with one attached hydrogen (secondary N) is 1. The fraction of sp³-hybridized carbons (Fsp3) is 0.118. The van der Waals surface area contributed by atoms with Gasteiger partial charge in [0.25, 0.3) is 5.91 Å². The first-order chi connectivity index (χ1) is 11.1. The van der Waals surface area contributed by atoms with Gasteiger partial charge in [0.05, 0.1) is 5.52 Å². The van der Waals surface area contributed by atoms with Crippen LogP contribution in [0.15, 0.2) is 53.7 Å². The molecule has 0 bridgehead atoms. The first-order valence-electron chi connectivity index (χ1n) is 7.02. The normalized spacial score (nSPS) is 10.7. The molecule has 0 saturated heterocycles. The van der Waals surface area contributed by atoms with Crippen LogP contribution in [0.5, 0.6) is 0 Å². The smallest absolute Gasteiger partial charge is 0.257 e. The summed E-state index contributed by atoms with van der Waals surface area (Å²) >= 11 is 5.96. The summed E-state index contributed by atoms with van der Waals surface area (Å²) in [4.78, 5) is 28.9. The third-order valence-corrected chi connectivity index (χ3v) is 3.81. The van der Waals surface area contributed by atoms with E-state index in [1.165, 1.54) is 6.20 Å². The van der Waals surface area contributed by atoms with Crippen molar-refractivity contribution in [3.05, 3.63) is 75.3 Å². The second-order valence-electron chi connectivity index (χ2n) is 5.19. The van der Waals surface area contributed by atoms with Crippen molar-refractivity contribution in [2.45, 2.75) is 6.54 Å². The van der Waals surface area contributed by atoms with Crippen LogP contribution in [-0.4, -0.2) is 15.5 Å². The number of nitrogens with zero attached hydrogens (tertiary/aromatic N) is 2. The van der Waals surface area contributed by atoms with Crippen LogP contribution in [0.2, 0.25) is 5.02 Å². The highest BCUT2D eigenvalue weighted by Gasteiger charge is 2.14. The number of halogens is 1. The number of hydrogen-bond donors (Lipinski definition) is 1. The first kappa shape index (κ1) is 15.2. The molecule has 0 saturated carbocycles. The molecule has 23 heavy (non-hydrogen) atoms. The molecule has 2 heterocycles. The second kappa shape index (κ2) is 6.22. The average molecular weight is 328 g/mol. The molecule has 0 radical (unpaired) electrons. The minimum Gasteiger partial charge on any atom is -0.350 e. The van der Waals surface area contributed by atoms with E-state index >= 15 is 0 Å². The lowest BCUT2D eigenvalue weighted by molar-refractivity contribution is 0.0949. The van der Waals surface area contributed by atoms with Crippen LogP contribution in [0.25, 0.3) is 10.9 Å². The molecule has 3 aromatic rings. The van der Waals surface area contributed by atoms with Crippen molar-refractivity contribution in [1.29, 1.82) is 0 Å². The van der Waals surface area contributed by atoms with E-state index in [0.717, 1.165) is 11.1 Å². The van der Waals surface area contributed by atoms with Crippen LogP contribution < -0.4 is 10.7 Å². The Morgan fingerprint density at radius 3 is 2.91 bits per heavy atom. The molecule has 1 amide bonds. The van der Waals surface area contributed by atoms with Crippen molar-refractivity contribution in [3.63, 3.8) is 0 Å². The Bertz CT molecular complexity index is 936. The van der Waals surface area contributed by atoms with Gasteiger partial charge in [-0.05, 0) is 29.8 Å². The van der Waals surface area contributed by atoms with E-state index in [-0.39, 0.29) is 11.0 Å². The van der Waals surface area contributed by atoms with E-state index in [1.54, 1.807) is 48.3 Å². The molecule has 0 atom stereocenters. The molecule has 3 rings (SSSR count). The van der Waals surface area contributed by atoms with Crippen molar-refractivity contribution in [3.8, 4) is 0 Å². The maximum Gasteiger partial charge on any atom is 0.257 e. The minimum atomic E-state index is -0.420. The predicted molar refractivity (Wildman–Crippen MR) is 89.6 cm³/mol. The summed E-state index contributed by atoms with van der Waals surface area (Å²) in [5, 5.41) is 3.62. The fourth-order valence-corrected chi connectivity index (χ4v) is 2.58. The molecule has 1 N–H and O–H groups in total. The number of aryl methyl sites for hydroxylation is 1. The number of carbonyl (C=O) groups excluding carboxylic acids is 1. The third-order valence-electron chi connectivity index (χ3n) is 3.57. The van der Waals surface area contributed by atoms with E-state index in [1.807, 2.05) is 6.07 Å². The third kappa shape index (κ3) is 3.10. The molecule has 0 unspecified atom stereocenters. The average Bonchev–Trinajstić information content (AvgIpc) is 2.56. The van der Waals surface area contributed by atoms with Crippen molar-refractivity contribution in [2.75, 3.05) is 0 Å². The number of pyridine rings is 2. The van der Waals surface area contributed by atoms with Crippen molar-refractivity contribution in [2.24, 2.45) is 7.05 Å². The minimum absolute atomic E-state index is 0.0890. The molecule has 116 valence electrons. The van der Waals surface area contributed by atoms with Crippen LogP contribution in [-0.2, 0) is 13.6 Å². The summed E-state index contributed by atoms with van der Waals surface area (Å²) in [6.07, 6.45) is 4.86. The number of aromatic nitrogens is 2. The molecular weight excluding hydrogens is 314 g/mol. The van der Waals surface area contributed by atoms with E-state index in [4.69, 9.17) is 11.6 Å². The zero-order valence-electron chi connectivity index (χ0n) is 12.4. The van der Waals surface area contributed by atoms with Gasteiger partial charge < -0.3 is 9.88 Å². The molecule has 0 fully saturated rings. The van der Waals surface area contributed by atoms with Crippen LogP contribution in [0.4, 0.5) is 0 Å². The van der Waals surface area contributed by atoms with Gasteiger partial charge in [0.2, 0.25) is 5.43 Å². The lowest BCUT2D eigenvalue weighted by Gasteiger charge is -2.10. The van der Waals surface area contributed by atoms with E-state index in [2.05, 4.69) is 10.3 Å². The van der Waals surface area contributed by atoms with Gasteiger partial charge in [-0.15, -0.1) is 0 Å². The second-order valence-corrected chi connectivity index (χ2v) is 5.62. The standard InChI is InChI=1S/C17H14ClN3O2/c1-21-10-14(16(22)13-7-12(18)4-5-15(13)21)17(23)20-9-11-3-2-6-19-8-11/h2-8,10H,9H2,1H3,(H,20,23). The van der Waals surface area contributed by atoms with E-state index < -0.39 is 5.91 Å². The van der Waals surface area contributed by atoms with Crippen molar-refractivity contribution < 1.29 is 4.79 Å². The Kier molecular flexibility index (Phi) is 4.12. The monoisotopic (exact) mass is 327 g/mol. The number of fused-ring (bicyclic) bond motifs is 1. The summed E-state index contributed by atoms with van der Waals surface area (Å²) in [6, 6.07) is 8.70. The van der Waals surface area contributed by atoms with Crippen LogP contribution in [0.1, 0.15) is 15.9 Å². The highest BCUT2D eigenvalue weighted by Crippen LogP contribution is 2.16. The lowest BCUT2D eigenvalue weighted by Crippen LogP contribution is -2.29. The van der Waals surface area contributed by atoms with Gasteiger partial charge in [0, 0.05) is 42.6 Å². The molecule has 1 aromatic carbocycles. The Labute approximate surface area is 137 Å². The molecule has 0 aliphatic rings. The van der Waals surface area contributed by atoms with Gasteiger partial charge in [-0.2, -0.15) is 0 Å². The number of benzene rings is 1. The number of amides is 1. The van der Waals surface area contributed by atoms with Gasteiger partial charge in [-0.1, -0.05) is 17.7 Å². The van der Waals surface area contributed by atoms with E-state index in [9.17, 15) is 9.59 Å². The molecule has 0 aliphatic heterocycles. The molecule has 6 heteroatoms. The summed E-state index contributed by atoms with van der Waals surface area (Å²) in [5.41, 5.74) is 1.35. The molecular formula is C17H14ClN3O2. The summed E-state index contributed by atoms with van der Waals surface area (Å²) in [7, 11) is 1.79. The predicted octanol–water partition coefficient (Wildman–Crippen LogP) is 2.52. The zero-order chi connectivity index (χ0) is 16.4. The molecule has 0 aliphatic carbocycles. The quantitative estimate of drug-likeness (QED) is 0.804. The van der Waals surface area contributed by atoms with Gasteiger partial charge in [-0.3, -0.25) is 14.6 Å². The highest BCUT2D eigenvalue weighted by atomic mass is 35.5. The molecule has 5 nitrogen and oxygen atoms in total. The Morgan fingerprint density at radius 2 is 2.17 bits per heavy atom. The van der Waals surface area contributed by atoms with Gasteiger partial charge in [-0.25, -0.2) is 0 Å². The lowest BCUT2D eigenvalue weighted by atomic mass is 10.1. The van der Waals surface area contributed by atoms with Crippen molar-refractivity contribution >= 4 is 28.4 Å². The SMILES string of the molecule is Cn1cc(C(=O)NCc2cccnc2)c(=O)c2cc(Cl)ccc21. The number of hydrogen-bond acceptors (Lipinski definition) is 3. The summed E-state index contributed by atoms with van der Waals surface area (Å²) in [6.45, 7) is 0.309. The van der Waals surface area contributed by atoms with Crippen LogP contribution in [0.3, 0.4) is 0 Å². The van der Waals surface area contributed by atoms with Crippen LogP contribution in [0, 0.1) is 0 Å². The first-order valence-corrected chi connectivity index (χ1v) is 7.40. The van der Waals surface area contributed by atoms with Gasteiger partial charge in [0.1, 0.15) is 5.56 Å². The maximum atomic E-state index is 12.5. The molecule has 0 spiro atoms. The van der Waals surface area contributed by atoms with Gasteiger partial charge in [0.15, 0.2) is 0 Å². The summed E-state index contributed by atoms with van der Waals surface area (Å²) < 4.78 is 1.74. The number of rotatable bonds is 3. The largest absolute Gasteiger partial charge is 0.350 e. The Hall–Kier alpha value is -2.66. The maximum absolute atomic E-state index is 12.5. The van der Waals surface area contributed by atoms with Crippen molar-refractivity contribution in [1.82, 2.24) is 14.9 Å². The molecule has 2 aromatic heterocycles. The Morgan fingerprint density at radius 1 is 1.35 bits per heavy atom. The van der Waals surface area contributed by atoms with Crippen LogP contribution >= 0.6 is 11.6 Å². The zero-order valence-corrected chi connectivity index (χ0v) is 13.2.